The number of pyridine rings is 1. The van der Waals surface area contributed by atoms with Crippen molar-refractivity contribution in [2.24, 2.45) is 5.41 Å². The third-order valence-electron chi connectivity index (χ3n) is 7.86. The summed E-state index contributed by atoms with van der Waals surface area (Å²) in [6.07, 6.45) is 16.0. The topological polar surface area (TPSA) is 37.4 Å². The zero-order valence-electron chi connectivity index (χ0n) is 24.2. The van der Waals surface area contributed by atoms with E-state index in [1.165, 1.54) is 46.9 Å². The van der Waals surface area contributed by atoms with Gasteiger partial charge in [-0.1, -0.05) is 50.8 Å². The molecule has 1 aliphatic heterocycles. The first-order chi connectivity index (χ1) is 18.3. The molecule has 0 bridgehead atoms. The average Bonchev–Trinajstić information content (AvgIpc) is 2.82. The summed E-state index contributed by atoms with van der Waals surface area (Å²) < 4.78 is 18.3. The molecule has 0 unspecified atom stereocenters. The molecule has 1 spiro atoms. The van der Waals surface area contributed by atoms with Crippen LogP contribution in [-0.4, -0.2) is 42.4 Å². The van der Waals surface area contributed by atoms with Crippen LogP contribution in [0.5, 0.6) is 0 Å². The van der Waals surface area contributed by atoms with Crippen molar-refractivity contribution in [3.63, 3.8) is 0 Å². The van der Waals surface area contributed by atoms with Gasteiger partial charge in [0.15, 0.2) is 0 Å². The first-order valence-electron chi connectivity index (χ1n) is 14.1. The van der Waals surface area contributed by atoms with Crippen molar-refractivity contribution in [3.05, 3.63) is 83.9 Å². The maximum atomic E-state index is 12.5. The molecular formula is C33H46FN3O. The molecule has 0 radical (unpaired) electrons. The van der Waals surface area contributed by atoms with Crippen LogP contribution in [0.3, 0.4) is 0 Å². The Morgan fingerprint density at radius 3 is 2.32 bits per heavy atom. The highest BCUT2D eigenvalue weighted by Gasteiger charge is 2.49. The van der Waals surface area contributed by atoms with Crippen molar-refractivity contribution in [3.8, 4) is 11.1 Å². The quantitative estimate of drug-likeness (QED) is 0.229. The maximum Gasteiger partial charge on any atom is 0.112 e. The summed E-state index contributed by atoms with van der Waals surface area (Å²) in [5.41, 5.74) is 7.78. The zero-order valence-corrected chi connectivity index (χ0v) is 24.2. The Bertz CT molecular complexity index is 1120. The van der Waals surface area contributed by atoms with Crippen LogP contribution < -0.4 is 5.32 Å². The predicted octanol–water partition coefficient (Wildman–Crippen LogP) is 7.99. The van der Waals surface area contributed by atoms with Gasteiger partial charge >= 0.3 is 0 Å². The highest BCUT2D eigenvalue weighted by atomic mass is 19.2. The Morgan fingerprint density at radius 2 is 1.82 bits per heavy atom. The fourth-order valence-corrected chi connectivity index (χ4v) is 5.13. The number of hydrogen-bond donors (Lipinski definition) is 1. The highest BCUT2D eigenvalue weighted by molar-refractivity contribution is 5.78. The fourth-order valence-electron chi connectivity index (χ4n) is 5.13. The van der Waals surface area contributed by atoms with Gasteiger partial charge < -0.3 is 10.1 Å². The van der Waals surface area contributed by atoms with E-state index in [4.69, 9.17) is 4.74 Å². The van der Waals surface area contributed by atoms with E-state index in [1.54, 1.807) is 0 Å². The summed E-state index contributed by atoms with van der Waals surface area (Å²) >= 11 is 0. The van der Waals surface area contributed by atoms with Crippen molar-refractivity contribution in [1.29, 1.82) is 0 Å². The Morgan fingerprint density at radius 1 is 1.11 bits per heavy atom. The molecule has 3 fully saturated rings. The van der Waals surface area contributed by atoms with Gasteiger partial charge in [0.1, 0.15) is 5.76 Å². The number of benzene rings is 1. The minimum atomic E-state index is 0.210. The van der Waals surface area contributed by atoms with E-state index in [0.29, 0.717) is 11.5 Å². The maximum absolute atomic E-state index is 12.5. The minimum absolute atomic E-state index is 0.210. The molecule has 2 heterocycles. The minimum Gasteiger partial charge on any atom is -0.491 e. The molecule has 2 aromatic rings. The molecule has 206 valence electrons. The molecule has 5 rings (SSSR count). The standard InChI is InChI=1S/C24H27NO.C7H13FN2.C2H6/c1-5-20(10-9-19(4)26-22-7-6-8-22)21-11-12-23(18(3)15-21)24-16-25-14-13-17(24)2;1-10(8)6-2-7(3-6)4-9-5-7;1-2/h5,9-16,22H,4,6-8H2,1-3H3;6,9H,2-5H2,1H3;1-2H3/b10-9-,20-5+;;. The van der Waals surface area contributed by atoms with E-state index >= 15 is 0 Å². The van der Waals surface area contributed by atoms with Gasteiger partial charge in [-0.25, -0.2) is 0 Å². The van der Waals surface area contributed by atoms with Crippen LogP contribution in [0.25, 0.3) is 16.7 Å². The number of halogens is 1. The molecule has 0 atom stereocenters. The third kappa shape index (κ3) is 7.42. The van der Waals surface area contributed by atoms with Gasteiger partial charge in [0, 0.05) is 44.1 Å². The van der Waals surface area contributed by atoms with Crippen LogP contribution in [0.2, 0.25) is 0 Å². The van der Waals surface area contributed by atoms with Crippen molar-refractivity contribution in [2.75, 3.05) is 20.1 Å². The van der Waals surface area contributed by atoms with Crippen LogP contribution in [0.1, 0.15) is 69.6 Å². The van der Waals surface area contributed by atoms with E-state index < -0.39 is 0 Å². The second-order valence-electron chi connectivity index (χ2n) is 10.6. The predicted molar refractivity (Wildman–Crippen MR) is 158 cm³/mol. The highest BCUT2D eigenvalue weighted by Crippen LogP contribution is 2.46. The number of nitrogens with zero attached hydrogens (tertiary/aromatic N) is 2. The largest absolute Gasteiger partial charge is 0.491 e. The van der Waals surface area contributed by atoms with E-state index in [2.05, 4.69) is 74.1 Å². The van der Waals surface area contributed by atoms with Gasteiger partial charge in [-0.2, -0.15) is 0 Å². The van der Waals surface area contributed by atoms with E-state index in [1.807, 2.05) is 32.3 Å². The SMILES string of the molecule is C=C(/C=C\C(=C/C)c1ccc(-c2cnccc2C)c(C)c1)OC1CCC1.CC.CN(F)C1CC2(CNC2)C1. The van der Waals surface area contributed by atoms with Gasteiger partial charge in [-0.05, 0) is 98.3 Å². The summed E-state index contributed by atoms with van der Waals surface area (Å²) in [6, 6.07) is 8.85. The lowest BCUT2D eigenvalue weighted by molar-refractivity contribution is -0.104. The van der Waals surface area contributed by atoms with E-state index in [-0.39, 0.29) is 6.04 Å². The summed E-state index contributed by atoms with van der Waals surface area (Å²) in [5, 5.41) is 4.07. The first-order valence-corrected chi connectivity index (χ1v) is 14.1. The molecule has 3 aliphatic rings. The molecular weight excluding hydrogens is 473 g/mol. The molecule has 1 aromatic carbocycles. The number of aromatic nitrogens is 1. The molecule has 1 saturated heterocycles. The Hall–Kier alpha value is -2.76. The van der Waals surface area contributed by atoms with E-state index in [9.17, 15) is 4.48 Å². The van der Waals surface area contributed by atoms with Gasteiger partial charge in [0.25, 0.3) is 0 Å². The first kappa shape index (κ1) is 29.8. The molecule has 0 amide bonds. The van der Waals surface area contributed by atoms with Crippen LogP contribution in [0.15, 0.2) is 67.2 Å². The second-order valence-corrected chi connectivity index (χ2v) is 10.6. The van der Waals surface area contributed by atoms with Gasteiger partial charge in [0.2, 0.25) is 0 Å². The molecule has 4 nitrogen and oxygen atoms in total. The van der Waals surface area contributed by atoms with Gasteiger partial charge in [-0.15, -0.1) is 9.60 Å². The fraction of sp³-hybridized carbons (Fsp3) is 0.485. The molecule has 2 aliphatic carbocycles. The van der Waals surface area contributed by atoms with Crippen molar-refractivity contribution < 1.29 is 9.22 Å². The smallest absolute Gasteiger partial charge is 0.112 e. The monoisotopic (exact) mass is 519 g/mol. The molecule has 5 heteroatoms. The van der Waals surface area contributed by atoms with Crippen molar-refractivity contribution in [2.45, 2.75) is 78.9 Å². The lowest BCUT2D eigenvalue weighted by Crippen LogP contribution is -2.63. The van der Waals surface area contributed by atoms with Crippen LogP contribution in [-0.2, 0) is 4.74 Å². The van der Waals surface area contributed by atoms with Crippen LogP contribution in [0, 0.1) is 19.3 Å². The number of aryl methyl sites for hydroxylation is 2. The summed E-state index contributed by atoms with van der Waals surface area (Å²) in [6.45, 7) is 16.6. The normalized spacial score (nSPS) is 18.5. The molecule has 38 heavy (non-hydrogen) atoms. The molecule has 2 saturated carbocycles. The Kier molecular flexibility index (Phi) is 10.9. The number of rotatable bonds is 7. The number of allylic oxidation sites excluding steroid dienone is 4. The average molecular weight is 520 g/mol. The van der Waals surface area contributed by atoms with E-state index in [0.717, 1.165) is 49.7 Å². The number of ether oxygens (including phenoxy) is 1. The second kappa shape index (κ2) is 13.9. The lowest BCUT2D eigenvalue weighted by Gasteiger charge is -2.54. The van der Waals surface area contributed by atoms with Gasteiger partial charge in [-0.3, -0.25) is 4.98 Å². The number of hydrogen-bond acceptors (Lipinski definition) is 4. The number of nitrogens with one attached hydrogen (secondary N) is 1. The van der Waals surface area contributed by atoms with Crippen LogP contribution in [0.4, 0.5) is 4.48 Å². The van der Waals surface area contributed by atoms with Crippen LogP contribution >= 0.6 is 0 Å². The summed E-state index contributed by atoms with van der Waals surface area (Å²) in [5.74, 6) is 0.744. The van der Waals surface area contributed by atoms with Gasteiger partial charge in [0.05, 0.1) is 6.10 Å². The lowest BCUT2D eigenvalue weighted by atomic mass is 9.62. The zero-order chi connectivity index (χ0) is 27.7. The van der Waals surface area contributed by atoms with Crippen molar-refractivity contribution >= 4 is 5.57 Å². The third-order valence-corrected chi connectivity index (χ3v) is 7.86. The molecule has 1 N–H and O–H groups in total. The Labute approximate surface area is 229 Å². The van der Waals surface area contributed by atoms with Crippen molar-refractivity contribution in [1.82, 2.24) is 15.4 Å². The molecule has 1 aromatic heterocycles. The summed E-state index contributed by atoms with van der Waals surface area (Å²) in [4.78, 5) is 4.27. The summed E-state index contributed by atoms with van der Waals surface area (Å²) in [7, 11) is 1.52. The Balaban J connectivity index is 0.000000275.